The van der Waals surface area contributed by atoms with Gasteiger partial charge in [0.15, 0.2) is 5.11 Å². The average Bonchev–Trinajstić information content (AvgIpc) is 2.56. The van der Waals surface area contributed by atoms with Crippen molar-refractivity contribution in [3.8, 4) is 0 Å². The standard InChI is InChI=1S/C7H7BrN4O2S2/c1-3(10-11-7(9)15)5-2-4(8)6(16-5)12(13)14/h2H,1H3,(H3,9,11,15)/b10-3-. The molecule has 0 amide bonds. The summed E-state index contributed by atoms with van der Waals surface area (Å²) in [5.41, 5.74) is 8.20. The van der Waals surface area contributed by atoms with Gasteiger partial charge in [0.25, 0.3) is 0 Å². The van der Waals surface area contributed by atoms with Crippen LogP contribution in [-0.4, -0.2) is 15.7 Å². The highest BCUT2D eigenvalue weighted by Gasteiger charge is 2.18. The van der Waals surface area contributed by atoms with E-state index in [-0.39, 0.29) is 10.1 Å². The molecule has 0 aliphatic rings. The van der Waals surface area contributed by atoms with Crippen molar-refractivity contribution < 1.29 is 4.92 Å². The van der Waals surface area contributed by atoms with E-state index in [4.69, 9.17) is 5.73 Å². The van der Waals surface area contributed by atoms with Gasteiger partial charge in [0, 0.05) is 0 Å². The minimum Gasteiger partial charge on any atom is -0.375 e. The largest absolute Gasteiger partial charge is 0.375 e. The summed E-state index contributed by atoms with van der Waals surface area (Å²) in [6, 6.07) is 1.63. The van der Waals surface area contributed by atoms with E-state index < -0.39 is 4.92 Å². The van der Waals surface area contributed by atoms with E-state index in [1.165, 1.54) is 0 Å². The van der Waals surface area contributed by atoms with Gasteiger partial charge < -0.3 is 5.73 Å². The lowest BCUT2D eigenvalue weighted by atomic mass is 10.3. The zero-order chi connectivity index (χ0) is 12.3. The predicted molar refractivity (Wildman–Crippen MR) is 70.8 cm³/mol. The van der Waals surface area contributed by atoms with Gasteiger partial charge in [-0.3, -0.25) is 15.5 Å². The Morgan fingerprint density at radius 2 is 2.44 bits per heavy atom. The number of hydrazone groups is 1. The van der Waals surface area contributed by atoms with E-state index in [9.17, 15) is 10.1 Å². The monoisotopic (exact) mass is 322 g/mol. The van der Waals surface area contributed by atoms with Crippen LogP contribution in [0.2, 0.25) is 0 Å². The lowest BCUT2D eigenvalue weighted by molar-refractivity contribution is -0.380. The van der Waals surface area contributed by atoms with Crippen molar-refractivity contribution in [3.63, 3.8) is 0 Å². The Balaban J connectivity index is 2.97. The van der Waals surface area contributed by atoms with Crippen LogP contribution in [0.1, 0.15) is 11.8 Å². The third kappa shape index (κ3) is 3.22. The molecule has 0 aliphatic heterocycles. The molecule has 86 valence electrons. The molecular weight excluding hydrogens is 316 g/mol. The van der Waals surface area contributed by atoms with Crippen LogP contribution in [0.3, 0.4) is 0 Å². The highest BCUT2D eigenvalue weighted by Crippen LogP contribution is 2.34. The zero-order valence-corrected chi connectivity index (χ0v) is 11.3. The van der Waals surface area contributed by atoms with Crippen molar-refractivity contribution >= 4 is 55.3 Å². The zero-order valence-electron chi connectivity index (χ0n) is 8.06. The maximum absolute atomic E-state index is 10.6. The molecule has 0 atom stereocenters. The smallest absolute Gasteiger partial charge is 0.338 e. The minimum absolute atomic E-state index is 0.0416. The molecule has 0 aliphatic carbocycles. The van der Waals surface area contributed by atoms with Crippen molar-refractivity contribution in [2.75, 3.05) is 0 Å². The van der Waals surface area contributed by atoms with Crippen molar-refractivity contribution in [1.82, 2.24) is 5.43 Å². The van der Waals surface area contributed by atoms with Gasteiger partial charge in [-0.25, -0.2) is 0 Å². The van der Waals surface area contributed by atoms with Crippen molar-refractivity contribution in [3.05, 3.63) is 25.5 Å². The molecule has 1 heterocycles. The summed E-state index contributed by atoms with van der Waals surface area (Å²) in [7, 11) is 0. The SMILES string of the molecule is C/C(=N/NC(N)=S)c1cc(Br)c([N+](=O)[O-])s1. The maximum Gasteiger partial charge on any atom is 0.338 e. The minimum atomic E-state index is -0.452. The Morgan fingerprint density at radius 1 is 1.81 bits per heavy atom. The lowest BCUT2D eigenvalue weighted by Gasteiger charge is -1.97. The molecule has 0 bridgehead atoms. The molecule has 1 rings (SSSR count). The molecule has 1 aromatic rings. The quantitative estimate of drug-likeness (QED) is 0.384. The van der Waals surface area contributed by atoms with Gasteiger partial charge in [-0.2, -0.15) is 5.10 Å². The molecule has 0 fully saturated rings. The fourth-order valence-electron chi connectivity index (χ4n) is 0.856. The first-order valence-electron chi connectivity index (χ1n) is 3.95. The fraction of sp³-hybridized carbons (Fsp3) is 0.143. The van der Waals surface area contributed by atoms with Crippen LogP contribution in [0, 0.1) is 10.1 Å². The third-order valence-electron chi connectivity index (χ3n) is 1.52. The normalized spacial score (nSPS) is 11.2. The Kier molecular flexibility index (Phi) is 4.33. The van der Waals surface area contributed by atoms with Gasteiger partial charge in [0.2, 0.25) is 0 Å². The van der Waals surface area contributed by atoms with E-state index in [0.717, 1.165) is 11.3 Å². The van der Waals surface area contributed by atoms with Gasteiger partial charge in [-0.1, -0.05) is 11.3 Å². The first-order chi connectivity index (χ1) is 7.41. The van der Waals surface area contributed by atoms with Crippen LogP contribution in [0.5, 0.6) is 0 Å². The second-order valence-electron chi connectivity index (χ2n) is 2.69. The predicted octanol–water partition coefficient (Wildman–Crippen LogP) is 1.98. The van der Waals surface area contributed by atoms with Crippen LogP contribution in [0.15, 0.2) is 15.6 Å². The molecule has 6 nitrogen and oxygen atoms in total. The second kappa shape index (κ2) is 5.32. The average molecular weight is 323 g/mol. The first kappa shape index (κ1) is 13.0. The summed E-state index contributed by atoms with van der Waals surface area (Å²) in [6.45, 7) is 1.70. The third-order valence-corrected chi connectivity index (χ3v) is 3.68. The molecular formula is C7H7BrN4O2S2. The molecule has 0 spiro atoms. The molecule has 0 aromatic carbocycles. The Bertz CT molecular complexity index is 471. The van der Waals surface area contributed by atoms with Crippen LogP contribution in [0.4, 0.5) is 5.00 Å². The Morgan fingerprint density at radius 3 is 2.88 bits per heavy atom. The number of nitro groups is 1. The highest BCUT2D eigenvalue weighted by molar-refractivity contribution is 9.10. The van der Waals surface area contributed by atoms with Gasteiger partial charge in [0.05, 0.1) is 15.5 Å². The molecule has 1 aromatic heterocycles. The van der Waals surface area contributed by atoms with E-state index in [1.807, 2.05) is 0 Å². The summed E-state index contributed by atoms with van der Waals surface area (Å²) < 4.78 is 0.433. The summed E-state index contributed by atoms with van der Waals surface area (Å²) in [5, 5.41) is 14.6. The van der Waals surface area contributed by atoms with Crippen LogP contribution in [0.25, 0.3) is 0 Å². The topological polar surface area (TPSA) is 93.5 Å². The van der Waals surface area contributed by atoms with E-state index >= 15 is 0 Å². The molecule has 0 unspecified atom stereocenters. The van der Waals surface area contributed by atoms with Crippen LogP contribution < -0.4 is 11.2 Å². The second-order valence-corrected chi connectivity index (χ2v) is 5.02. The number of nitrogens with two attached hydrogens (primary N) is 1. The number of halogens is 1. The fourth-order valence-corrected chi connectivity index (χ4v) is 2.48. The lowest BCUT2D eigenvalue weighted by Crippen LogP contribution is -2.25. The summed E-state index contributed by atoms with van der Waals surface area (Å²) >= 11 is 8.72. The highest BCUT2D eigenvalue weighted by atomic mass is 79.9. The number of hydrogen-bond donors (Lipinski definition) is 2. The van der Waals surface area contributed by atoms with Crippen LogP contribution >= 0.6 is 39.5 Å². The summed E-state index contributed by atoms with van der Waals surface area (Å²) in [4.78, 5) is 10.8. The van der Waals surface area contributed by atoms with Gasteiger partial charge in [0.1, 0.15) is 4.47 Å². The number of thiocarbonyl (C=S) groups is 1. The molecule has 9 heteroatoms. The number of hydrogen-bond acceptors (Lipinski definition) is 5. The van der Waals surface area contributed by atoms with E-state index in [0.29, 0.717) is 15.1 Å². The maximum atomic E-state index is 10.6. The Labute approximate surface area is 109 Å². The number of nitrogens with zero attached hydrogens (tertiary/aromatic N) is 2. The van der Waals surface area contributed by atoms with Crippen molar-refractivity contribution in [2.45, 2.75) is 6.92 Å². The molecule has 0 saturated heterocycles. The number of rotatable bonds is 3. The summed E-state index contributed by atoms with van der Waals surface area (Å²) in [5.74, 6) is 0. The van der Waals surface area contributed by atoms with Crippen LogP contribution in [-0.2, 0) is 0 Å². The van der Waals surface area contributed by atoms with Crippen molar-refractivity contribution in [2.24, 2.45) is 10.8 Å². The van der Waals surface area contributed by atoms with E-state index in [2.05, 4.69) is 38.7 Å². The van der Waals surface area contributed by atoms with E-state index in [1.54, 1.807) is 13.0 Å². The number of nitrogens with one attached hydrogen (secondary N) is 1. The Hall–Kier alpha value is -1.06. The number of thiophene rings is 1. The van der Waals surface area contributed by atoms with Crippen molar-refractivity contribution in [1.29, 1.82) is 0 Å². The van der Waals surface area contributed by atoms with Gasteiger partial charge >= 0.3 is 5.00 Å². The van der Waals surface area contributed by atoms with Gasteiger partial charge in [-0.15, -0.1) is 0 Å². The molecule has 0 radical (unpaired) electrons. The molecule has 16 heavy (non-hydrogen) atoms. The summed E-state index contributed by atoms with van der Waals surface area (Å²) in [6.07, 6.45) is 0. The molecule has 3 N–H and O–H groups in total. The first-order valence-corrected chi connectivity index (χ1v) is 5.97. The van der Waals surface area contributed by atoms with Gasteiger partial charge in [-0.05, 0) is 41.1 Å². The molecule has 0 saturated carbocycles.